The highest BCUT2D eigenvalue weighted by molar-refractivity contribution is 5.94. The summed E-state index contributed by atoms with van der Waals surface area (Å²) in [6.45, 7) is 6.89. The van der Waals surface area contributed by atoms with Crippen molar-refractivity contribution in [3.05, 3.63) is 35.4 Å². The molecule has 5 nitrogen and oxygen atoms in total. The summed E-state index contributed by atoms with van der Waals surface area (Å²) >= 11 is 0. The van der Waals surface area contributed by atoms with Crippen molar-refractivity contribution < 1.29 is 9.59 Å². The van der Waals surface area contributed by atoms with E-state index in [1.165, 1.54) is 0 Å². The standard InChI is InChI=1S/C19H31N3O2.ClH/c1-5-6-7-17(12-20)21-18(23)16-10-8-15(9-11-16)13-22(4)19(24)14(2)3;/h8-11,14,17H,5-7,12-13,20H2,1-4H3,(H,21,23);1H. The van der Waals surface area contributed by atoms with Crippen LogP contribution in [0.5, 0.6) is 0 Å². The lowest BCUT2D eigenvalue weighted by atomic mass is 10.1. The van der Waals surface area contributed by atoms with Gasteiger partial charge < -0.3 is 16.0 Å². The molecule has 0 radical (unpaired) electrons. The van der Waals surface area contributed by atoms with Crippen molar-refractivity contribution in [1.29, 1.82) is 0 Å². The Morgan fingerprint density at radius 3 is 2.28 bits per heavy atom. The fraction of sp³-hybridized carbons (Fsp3) is 0.579. The number of nitrogens with two attached hydrogens (primary N) is 1. The third-order valence-corrected chi connectivity index (χ3v) is 4.03. The molecular weight excluding hydrogens is 338 g/mol. The summed E-state index contributed by atoms with van der Waals surface area (Å²) in [4.78, 5) is 25.9. The van der Waals surface area contributed by atoms with Crippen LogP contribution in [0.25, 0.3) is 0 Å². The van der Waals surface area contributed by atoms with Gasteiger partial charge in [-0.1, -0.05) is 45.7 Å². The Morgan fingerprint density at radius 2 is 1.80 bits per heavy atom. The van der Waals surface area contributed by atoms with Crippen LogP contribution in [-0.2, 0) is 11.3 Å². The first-order valence-electron chi connectivity index (χ1n) is 8.73. The summed E-state index contributed by atoms with van der Waals surface area (Å²) in [6.07, 6.45) is 3.04. The van der Waals surface area contributed by atoms with Gasteiger partial charge in [0.15, 0.2) is 0 Å². The highest BCUT2D eigenvalue weighted by Crippen LogP contribution is 2.10. The predicted molar refractivity (Wildman–Crippen MR) is 105 cm³/mol. The number of nitrogens with one attached hydrogen (secondary N) is 1. The number of hydrogen-bond acceptors (Lipinski definition) is 3. The second-order valence-electron chi connectivity index (χ2n) is 6.59. The molecule has 1 unspecified atom stereocenters. The second kappa shape index (κ2) is 11.9. The Hall–Kier alpha value is -1.59. The maximum atomic E-state index is 12.3. The highest BCUT2D eigenvalue weighted by atomic mass is 35.5. The molecule has 0 fully saturated rings. The number of carbonyl (C=O) groups is 2. The smallest absolute Gasteiger partial charge is 0.251 e. The number of benzene rings is 1. The zero-order chi connectivity index (χ0) is 18.1. The second-order valence-corrected chi connectivity index (χ2v) is 6.59. The van der Waals surface area contributed by atoms with Crippen LogP contribution >= 0.6 is 12.4 Å². The zero-order valence-electron chi connectivity index (χ0n) is 15.7. The van der Waals surface area contributed by atoms with Gasteiger partial charge in [-0.2, -0.15) is 0 Å². The minimum Gasteiger partial charge on any atom is -0.348 e. The maximum Gasteiger partial charge on any atom is 0.251 e. The Balaban J connectivity index is 0.00000576. The Morgan fingerprint density at radius 1 is 1.20 bits per heavy atom. The van der Waals surface area contributed by atoms with Crippen LogP contribution in [0.1, 0.15) is 56.0 Å². The summed E-state index contributed by atoms with van der Waals surface area (Å²) in [5.74, 6) is -0.00499. The van der Waals surface area contributed by atoms with Crippen LogP contribution < -0.4 is 11.1 Å². The lowest BCUT2D eigenvalue weighted by molar-refractivity contribution is -0.133. The Kier molecular flexibility index (Phi) is 11.1. The molecule has 0 spiro atoms. The zero-order valence-corrected chi connectivity index (χ0v) is 16.6. The number of hydrogen-bond donors (Lipinski definition) is 2. The number of halogens is 1. The third-order valence-electron chi connectivity index (χ3n) is 4.03. The van der Waals surface area contributed by atoms with E-state index in [9.17, 15) is 9.59 Å². The topological polar surface area (TPSA) is 75.4 Å². The van der Waals surface area contributed by atoms with E-state index in [0.29, 0.717) is 18.7 Å². The van der Waals surface area contributed by atoms with Crippen molar-refractivity contribution in [3.8, 4) is 0 Å². The SMILES string of the molecule is CCCCC(CN)NC(=O)c1ccc(CN(C)C(=O)C(C)C)cc1.Cl. The molecule has 1 aromatic carbocycles. The number of rotatable bonds is 9. The molecule has 0 heterocycles. The average Bonchev–Trinajstić information content (AvgIpc) is 2.58. The molecule has 142 valence electrons. The molecule has 0 saturated heterocycles. The van der Waals surface area contributed by atoms with E-state index < -0.39 is 0 Å². The molecule has 0 saturated carbocycles. The summed E-state index contributed by atoms with van der Waals surface area (Å²) in [5, 5.41) is 2.98. The summed E-state index contributed by atoms with van der Waals surface area (Å²) < 4.78 is 0. The van der Waals surface area contributed by atoms with Gasteiger partial charge in [0.05, 0.1) is 0 Å². The van der Waals surface area contributed by atoms with Gasteiger partial charge in [0.2, 0.25) is 5.91 Å². The fourth-order valence-corrected chi connectivity index (χ4v) is 2.52. The summed E-state index contributed by atoms with van der Waals surface area (Å²) in [6, 6.07) is 7.40. The molecule has 1 atom stereocenters. The van der Waals surface area contributed by atoms with Crippen molar-refractivity contribution in [1.82, 2.24) is 10.2 Å². The molecule has 0 aromatic heterocycles. The summed E-state index contributed by atoms with van der Waals surface area (Å²) in [7, 11) is 1.79. The van der Waals surface area contributed by atoms with Crippen molar-refractivity contribution >= 4 is 24.2 Å². The van der Waals surface area contributed by atoms with Crippen molar-refractivity contribution in [2.24, 2.45) is 11.7 Å². The van der Waals surface area contributed by atoms with Crippen LogP contribution in [0.15, 0.2) is 24.3 Å². The largest absolute Gasteiger partial charge is 0.348 e. The minimum atomic E-state index is -0.0975. The molecule has 25 heavy (non-hydrogen) atoms. The van der Waals surface area contributed by atoms with Crippen LogP contribution in [0.3, 0.4) is 0 Å². The molecule has 0 aliphatic heterocycles. The fourth-order valence-electron chi connectivity index (χ4n) is 2.52. The van der Waals surface area contributed by atoms with E-state index in [0.717, 1.165) is 24.8 Å². The summed E-state index contributed by atoms with van der Waals surface area (Å²) in [5.41, 5.74) is 7.34. The molecule has 1 rings (SSSR count). The van der Waals surface area contributed by atoms with Crippen LogP contribution in [0.4, 0.5) is 0 Å². The highest BCUT2D eigenvalue weighted by Gasteiger charge is 2.14. The number of amides is 2. The number of unbranched alkanes of at least 4 members (excludes halogenated alkanes) is 1. The van der Waals surface area contributed by atoms with E-state index in [-0.39, 0.29) is 36.2 Å². The van der Waals surface area contributed by atoms with E-state index >= 15 is 0 Å². The molecule has 0 aliphatic carbocycles. The van der Waals surface area contributed by atoms with Gasteiger partial charge in [0, 0.05) is 37.7 Å². The van der Waals surface area contributed by atoms with Crippen LogP contribution in [-0.4, -0.2) is 36.3 Å². The van der Waals surface area contributed by atoms with Crippen molar-refractivity contribution in [3.63, 3.8) is 0 Å². The van der Waals surface area contributed by atoms with Crippen molar-refractivity contribution in [2.45, 2.75) is 52.6 Å². The van der Waals surface area contributed by atoms with Gasteiger partial charge in [-0.05, 0) is 24.1 Å². The molecule has 2 amide bonds. The number of nitrogens with zero attached hydrogens (tertiary/aromatic N) is 1. The van der Waals surface area contributed by atoms with E-state index in [2.05, 4.69) is 12.2 Å². The van der Waals surface area contributed by atoms with Gasteiger partial charge in [0.1, 0.15) is 0 Å². The predicted octanol–water partition coefficient (Wildman–Crippen LogP) is 2.97. The minimum absolute atomic E-state index is 0. The third kappa shape index (κ3) is 7.88. The van der Waals surface area contributed by atoms with E-state index in [1.54, 1.807) is 24.1 Å². The van der Waals surface area contributed by atoms with Gasteiger partial charge in [0.25, 0.3) is 5.91 Å². The first-order valence-corrected chi connectivity index (χ1v) is 8.73. The lowest BCUT2D eigenvalue weighted by Gasteiger charge is -2.20. The average molecular weight is 370 g/mol. The quantitative estimate of drug-likeness (QED) is 0.702. The Bertz CT molecular complexity index is 532. The van der Waals surface area contributed by atoms with Gasteiger partial charge in [-0.3, -0.25) is 9.59 Å². The van der Waals surface area contributed by atoms with Crippen molar-refractivity contribution in [2.75, 3.05) is 13.6 Å². The molecular formula is C19H32ClN3O2. The maximum absolute atomic E-state index is 12.3. The van der Waals surface area contributed by atoms with Gasteiger partial charge >= 0.3 is 0 Å². The van der Waals surface area contributed by atoms with Crippen LogP contribution in [0.2, 0.25) is 0 Å². The first kappa shape index (κ1) is 23.4. The van der Waals surface area contributed by atoms with Gasteiger partial charge in [-0.25, -0.2) is 0 Å². The molecule has 6 heteroatoms. The molecule has 0 bridgehead atoms. The molecule has 0 aliphatic rings. The van der Waals surface area contributed by atoms with E-state index in [1.807, 2.05) is 26.0 Å². The molecule has 3 N–H and O–H groups in total. The lowest BCUT2D eigenvalue weighted by Crippen LogP contribution is -2.40. The first-order chi connectivity index (χ1) is 11.4. The monoisotopic (exact) mass is 369 g/mol. The normalized spacial score (nSPS) is 11.6. The Labute approximate surface area is 157 Å². The van der Waals surface area contributed by atoms with E-state index in [4.69, 9.17) is 5.73 Å². The van der Waals surface area contributed by atoms with Gasteiger partial charge in [-0.15, -0.1) is 12.4 Å². The number of carbonyl (C=O) groups excluding carboxylic acids is 2. The van der Waals surface area contributed by atoms with Crippen LogP contribution in [0, 0.1) is 5.92 Å². The molecule has 1 aromatic rings.